The predicted molar refractivity (Wildman–Crippen MR) is 113 cm³/mol. The molecule has 0 bridgehead atoms. The quantitative estimate of drug-likeness (QED) is 0.454. The van der Waals surface area contributed by atoms with E-state index >= 15 is 0 Å². The summed E-state index contributed by atoms with van der Waals surface area (Å²) in [5.74, 6) is 0.539. The van der Waals surface area contributed by atoms with E-state index in [9.17, 15) is 9.18 Å². The Balaban J connectivity index is 1.86. The summed E-state index contributed by atoms with van der Waals surface area (Å²) in [4.78, 5) is 16.2. The van der Waals surface area contributed by atoms with Crippen LogP contribution < -0.4 is 16.0 Å². The Hall–Kier alpha value is -2.89. The predicted octanol–water partition coefficient (Wildman–Crippen LogP) is 3.86. The summed E-state index contributed by atoms with van der Waals surface area (Å²) in [6.45, 7) is 5.94. The number of nitrogens with one attached hydrogen (secondary N) is 3. The maximum absolute atomic E-state index is 13.2. The summed E-state index contributed by atoms with van der Waals surface area (Å²) in [5, 5.41) is 9.36. The zero-order chi connectivity index (χ0) is 20.2. The molecule has 3 N–H and O–H groups in total. The van der Waals surface area contributed by atoms with E-state index in [0.29, 0.717) is 25.9 Å². The minimum absolute atomic E-state index is 0.0326. The second-order valence-corrected chi connectivity index (χ2v) is 6.50. The Morgan fingerprint density at radius 2 is 1.82 bits per heavy atom. The average Bonchev–Trinajstić information content (AvgIpc) is 2.67. The fourth-order valence-electron chi connectivity index (χ4n) is 2.67. The van der Waals surface area contributed by atoms with Gasteiger partial charge in [0.2, 0.25) is 5.91 Å². The average molecular weight is 384 g/mol. The van der Waals surface area contributed by atoms with Crippen molar-refractivity contribution in [2.24, 2.45) is 4.99 Å². The Kier molecular flexibility index (Phi) is 8.98. The number of hydrogen-bond donors (Lipinski definition) is 3. The van der Waals surface area contributed by atoms with Crippen LogP contribution in [-0.4, -0.2) is 25.0 Å². The molecule has 2 aromatic carbocycles. The van der Waals surface area contributed by atoms with Gasteiger partial charge in [-0.05, 0) is 55.2 Å². The van der Waals surface area contributed by atoms with Gasteiger partial charge in [0.05, 0.1) is 6.54 Å². The molecule has 0 saturated carbocycles. The molecule has 2 aromatic rings. The number of carbonyl (C=O) groups excluding carboxylic acids is 1. The highest BCUT2D eigenvalue weighted by Crippen LogP contribution is 2.11. The third kappa shape index (κ3) is 7.78. The molecule has 0 unspecified atom stereocenters. The van der Waals surface area contributed by atoms with Crippen molar-refractivity contribution in [2.75, 3.05) is 18.4 Å². The van der Waals surface area contributed by atoms with Gasteiger partial charge in [0.15, 0.2) is 5.96 Å². The smallest absolute Gasteiger partial charge is 0.224 e. The number of hydrogen-bond acceptors (Lipinski definition) is 2. The van der Waals surface area contributed by atoms with Crippen molar-refractivity contribution in [1.29, 1.82) is 0 Å². The molecule has 0 aliphatic rings. The number of carbonyl (C=O) groups is 1. The largest absolute Gasteiger partial charge is 0.357 e. The zero-order valence-corrected chi connectivity index (χ0v) is 16.6. The highest BCUT2D eigenvalue weighted by molar-refractivity contribution is 5.90. The van der Waals surface area contributed by atoms with Crippen LogP contribution in [0.1, 0.15) is 37.8 Å². The second kappa shape index (κ2) is 11.7. The van der Waals surface area contributed by atoms with E-state index in [-0.39, 0.29) is 11.7 Å². The van der Waals surface area contributed by atoms with Crippen LogP contribution in [0.15, 0.2) is 53.5 Å². The maximum Gasteiger partial charge on any atom is 0.224 e. The summed E-state index contributed by atoms with van der Waals surface area (Å²) in [6.07, 6.45) is 2.08. The summed E-state index contributed by atoms with van der Waals surface area (Å²) >= 11 is 0. The summed E-state index contributed by atoms with van der Waals surface area (Å²) < 4.78 is 13.2. The van der Waals surface area contributed by atoms with Gasteiger partial charge >= 0.3 is 0 Å². The first kappa shape index (κ1) is 21.4. The van der Waals surface area contributed by atoms with Crippen LogP contribution in [0.4, 0.5) is 10.1 Å². The highest BCUT2D eigenvalue weighted by Gasteiger charge is 2.02. The lowest BCUT2D eigenvalue weighted by atomic mass is 10.1. The second-order valence-electron chi connectivity index (χ2n) is 6.50. The van der Waals surface area contributed by atoms with E-state index in [1.807, 2.05) is 44.2 Å². The topological polar surface area (TPSA) is 65.5 Å². The normalized spacial score (nSPS) is 11.2. The van der Waals surface area contributed by atoms with Crippen molar-refractivity contribution in [1.82, 2.24) is 10.6 Å². The minimum Gasteiger partial charge on any atom is -0.357 e. The van der Waals surface area contributed by atoms with Crippen molar-refractivity contribution in [2.45, 2.75) is 39.7 Å². The molecule has 0 aliphatic heterocycles. The number of benzene rings is 2. The van der Waals surface area contributed by atoms with Crippen LogP contribution in [-0.2, 0) is 17.8 Å². The van der Waals surface area contributed by atoms with Crippen LogP contribution in [0.2, 0.25) is 0 Å². The Morgan fingerprint density at radius 3 is 2.50 bits per heavy atom. The van der Waals surface area contributed by atoms with Gasteiger partial charge in [-0.25, -0.2) is 9.38 Å². The molecule has 150 valence electrons. The molecule has 0 fully saturated rings. The number of halogens is 1. The molecule has 5 nitrogen and oxygen atoms in total. The lowest BCUT2D eigenvalue weighted by Crippen LogP contribution is -2.38. The first-order valence-corrected chi connectivity index (χ1v) is 9.76. The molecule has 6 heteroatoms. The number of amides is 1. The number of guanidine groups is 1. The minimum atomic E-state index is -0.215. The van der Waals surface area contributed by atoms with Gasteiger partial charge in [0.1, 0.15) is 5.82 Å². The number of nitrogens with zero attached hydrogens (tertiary/aromatic N) is 1. The van der Waals surface area contributed by atoms with Gasteiger partial charge in [-0.1, -0.05) is 31.2 Å². The van der Waals surface area contributed by atoms with Gasteiger partial charge < -0.3 is 16.0 Å². The number of rotatable bonds is 9. The number of aliphatic imine (C=N–C) groups is 1. The van der Waals surface area contributed by atoms with E-state index in [2.05, 4.69) is 20.9 Å². The van der Waals surface area contributed by atoms with Gasteiger partial charge in [0, 0.05) is 25.2 Å². The molecule has 28 heavy (non-hydrogen) atoms. The fourth-order valence-corrected chi connectivity index (χ4v) is 2.67. The van der Waals surface area contributed by atoms with Crippen molar-refractivity contribution in [3.63, 3.8) is 0 Å². The van der Waals surface area contributed by atoms with Gasteiger partial charge in [-0.15, -0.1) is 0 Å². The zero-order valence-electron chi connectivity index (χ0n) is 16.6. The van der Waals surface area contributed by atoms with E-state index < -0.39 is 0 Å². The van der Waals surface area contributed by atoms with E-state index in [0.717, 1.165) is 35.7 Å². The van der Waals surface area contributed by atoms with E-state index in [4.69, 9.17) is 0 Å². The Morgan fingerprint density at radius 1 is 1.04 bits per heavy atom. The van der Waals surface area contributed by atoms with Crippen molar-refractivity contribution < 1.29 is 9.18 Å². The molecule has 0 aromatic heterocycles. The van der Waals surface area contributed by atoms with Crippen LogP contribution in [0.25, 0.3) is 0 Å². The lowest BCUT2D eigenvalue weighted by molar-refractivity contribution is -0.116. The van der Waals surface area contributed by atoms with E-state index in [1.54, 1.807) is 12.1 Å². The van der Waals surface area contributed by atoms with Crippen molar-refractivity contribution in [3.05, 3.63) is 65.5 Å². The van der Waals surface area contributed by atoms with Crippen LogP contribution in [0.5, 0.6) is 0 Å². The monoisotopic (exact) mass is 384 g/mol. The van der Waals surface area contributed by atoms with Crippen LogP contribution in [0, 0.1) is 5.82 Å². The van der Waals surface area contributed by atoms with Gasteiger partial charge in [0.25, 0.3) is 0 Å². The summed E-state index contributed by atoms with van der Waals surface area (Å²) in [6, 6.07) is 14.3. The molecule has 0 heterocycles. The van der Waals surface area contributed by atoms with Crippen LogP contribution >= 0.6 is 0 Å². The lowest BCUT2D eigenvalue weighted by Gasteiger charge is -2.11. The molecular weight excluding hydrogens is 355 g/mol. The first-order valence-electron chi connectivity index (χ1n) is 9.76. The van der Waals surface area contributed by atoms with Crippen molar-refractivity contribution in [3.8, 4) is 0 Å². The van der Waals surface area contributed by atoms with Crippen molar-refractivity contribution >= 4 is 17.6 Å². The fraction of sp³-hybridized carbons (Fsp3) is 0.364. The third-order valence-electron chi connectivity index (χ3n) is 4.07. The molecular formula is C22H29FN4O. The molecule has 0 saturated heterocycles. The number of anilines is 1. The molecule has 0 atom stereocenters. The summed E-state index contributed by atoms with van der Waals surface area (Å²) in [5.41, 5.74) is 2.80. The third-order valence-corrected chi connectivity index (χ3v) is 4.07. The Labute approximate surface area is 166 Å². The summed E-state index contributed by atoms with van der Waals surface area (Å²) in [7, 11) is 0. The maximum atomic E-state index is 13.2. The molecule has 0 radical (unpaired) electrons. The molecule has 0 spiro atoms. The standard InChI is InChI=1S/C22H29FN4O/c1-3-6-21(28)27-20-11-9-18(10-12-20)16-26-22(24-4-2)25-14-13-17-7-5-8-19(23)15-17/h5,7-12,15H,3-4,6,13-14,16H2,1-2H3,(H,27,28)(H2,24,25,26). The van der Waals surface area contributed by atoms with E-state index in [1.165, 1.54) is 6.07 Å². The Bertz CT molecular complexity index is 774. The van der Waals surface area contributed by atoms with Gasteiger partial charge in [-0.3, -0.25) is 4.79 Å². The first-order chi connectivity index (χ1) is 13.6. The molecule has 2 rings (SSSR count). The highest BCUT2D eigenvalue weighted by atomic mass is 19.1. The van der Waals surface area contributed by atoms with Gasteiger partial charge in [-0.2, -0.15) is 0 Å². The molecule has 0 aliphatic carbocycles. The van der Waals surface area contributed by atoms with Crippen LogP contribution in [0.3, 0.4) is 0 Å². The SMILES string of the molecule is CCCC(=O)Nc1ccc(CN=C(NCC)NCCc2cccc(F)c2)cc1. The molecule has 1 amide bonds.